The molecule has 0 unspecified atom stereocenters. The lowest BCUT2D eigenvalue weighted by Gasteiger charge is -2.19. The Morgan fingerprint density at radius 2 is 1.71 bits per heavy atom. The van der Waals surface area contributed by atoms with Crippen molar-refractivity contribution in [2.45, 2.75) is 26.2 Å². The van der Waals surface area contributed by atoms with Crippen LogP contribution in [-0.4, -0.2) is 4.57 Å². The third-order valence-corrected chi connectivity index (χ3v) is 4.47. The van der Waals surface area contributed by atoms with Crippen molar-refractivity contribution in [3.05, 3.63) is 76.6 Å². The van der Waals surface area contributed by atoms with Crippen LogP contribution >= 0.6 is 15.9 Å². The van der Waals surface area contributed by atoms with Gasteiger partial charge in [-0.1, -0.05) is 66.9 Å². The maximum atomic E-state index is 8.95. The molecule has 0 aliphatic carbocycles. The molecular weight excluding hydrogens is 358 g/mol. The Hall–Kier alpha value is -2.06. The molecule has 2 heteroatoms. The Balaban J connectivity index is 2.43. The summed E-state index contributed by atoms with van der Waals surface area (Å²) in [5.41, 5.74) is 0.809. The molecule has 0 radical (unpaired) electrons. The van der Waals surface area contributed by atoms with Crippen LogP contribution < -0.4 is 0 Å². The highest BCUT2D eigenvalue weighted by Crippen LogP contribution is 2.35. The van der Waals surface area contributed by atoms with E-state index in [9.17, 15) is 0 Å². The predicted octanol–water partition coefficient (Wildman–Crippen LogP) is 6.84. The molecule has 24 heavy (non-hydrogen) atoms. The summed E-state index contributed by atoms with van der Waals surface area (Å²) in [6, 6.07) is 5.77. The molecule has 4 aromatic rings. The Kier molecular flexibility index (Phi) is 2.16. The predicted molar refractivity (Wildman–Crippen MR) is 107 cm³/mol. The minimum Gasteiger partial charge on any atom is -0.309 e. The van der Waals surface area contributed by atoms with Gasteiger partial charge in [0.05, 0.1) is 20.6 Å². The Labute approximate surface area is 160 Å². The summed E-state index contributed by atoms with van der Waals surface area (Å²) in [7, 11) is 0. The smallest absolute Gasteiger partial charge is 0.0645 e. The largest absolute Gasteiger partial charge is 0.309 e. The number of nitrogens with zero attached hydrogens (tertiary/aromatic N) is 1. The molecule has 120 valence electrons. The van der Waals surface area contributed by atoms with Gasteiger partial charge in [-0.15, -0.1) is 0 Å². The number of fused-ring (bicyclic) bond motifs is 3. The highest BCUT2D eigenvalue weighted by molar-refractivity contribution is 9.10. The molecule has 1 heterocycles. The van der Waals surface area contributed by atoms with Gasteiger partial charge in [-0.3, -0.25) is 0 Å². The van der Waals surface area contributed by atoms with Crippen LogP contribution in [0.1, 0.15) is 35.9 Å². The number of hydrogen-bond acceptors (Lipinski definition) is 0. The van der Waals surface area contributed by atoms with Crippen molar-refractivity contribution in [2.75, 3.05) is 0 Å². The van der Waals surface area contributed by atoms with Gasteiger partial charge in [-0.05, 0) is 47.3 Å². The quantitative estimate of drug-likeness (QED) is 0.338. The normalized spacial score (nSPS) is 16.2. The van der Waals surface area contributed by atoms with Crippen LogP contribution in [0.4, 0.5) is 0 Å². The second-order valence-corrected chi connectivity index (χ2v) is 7.68. The van der Waals surface area contributed by atoms with Crippen molar-refractivity contribution in [2.24, 2.45) is 0 Å². The zero-order chi connectivity index (χ0) is 23.0. The molecule has 3 aromatic carbocycles. The van der Waals surface area contributed by atoms with Gasteiger partial charge in [-0.2, -0.15) is 0 Å². The third kappa shape index (κ3) is 2.46. The molecule has 0 atom stereocenters. The monoisotopic (exact) mass is 384 g/mol. The molecule has 0 bridgehead atoms. The maximum absolute atomic E-state index is 8.95. The van der Waals surface area contributed by atoms with Crippen molar-refractivity contribution in [1.82, 2.24) is 4.57 Å². The molecule has 4 rings (SSSR count). The number of para-hydroxylation sites is 1. The summed E-state index contributed by atoms with van der Waals surface area (Å²) in [6.45, 7) is 5.60. The molecule has 0 saturated heterocycles. The second-order valence-electron chi connectivity index (χ2n) is 6.76. The molecule has 0 fully saturated rings. The first kappa shape index (κ1) is 9.43. The van der Waals surface area contributed by atoms with Crippen LogP contribution in [0, 0.1) is 0 Å². The van der Waals surface area contributed by atoms with Gasteiger partial charge in [0.25, 0.3) is 0 Å². The fraction of sp³-hybridized carbons (Fsp3) is 0.182. The average molecular weight is 385 g/mol. The fourth-order valence-electron chi connectivity index (χ4n) is 2.76. The average Bonchev–Trinajstić information content (AvgIpc) is 3.04. The molecule has 0 aliphatic rings. The first-order chi connectivity index (χ1) is 14.4. The van der Waals surface area contributed by atoms with Crippen LogP contribution in [-0.2, 0) is 5.41 Å². The summed E-state index contributed by atoms with van der Waals surface area (Å²) in [6.07, 6.45) is 0. The number of benzene rings is 3. The van der Waals surface area contributed by atoms with Crippen LogP contribution in [0.3, 0.4) is 0 Å². The SMILES string of the molecule is [2H]c1c([2H])c([2H])c2c(c1[2H])c1c([2H])c(C(C)(C)C)c([2H])c([2H])c1n2-c1cccc(Br)c1. The van der Waals surface area contributed by atoms with Crippen molar-refractivity contribution in [1.29, 1.82) is 0 Å². The topological polar surface area (TPSA) is 4.93 Å². The molecule has 1 nitrogen and oxygen atoms in total. The van der Waals surface area contributed by atoms with Crippen LogP contribution in [0.2, 0.25) is 0 Å². The highest BCUT2D eigenvalue weighted by atomic mass is 79.9. The number of rotatable bonds is 1. The standard InChI is InChI=1S/C22H20BrN/c1-22(2,3)15-11-12-21-19(13-15)18-9-4-5-10-20(18)24(21)17-8-6-7-16(23)14-17/h4-14H,1-3H3/i4D,5D,9D,10D,11D,12D,13D. The number of hydrogen-bond donors (Lipinski definition) is 0. The summed E-state index contributed by atoms with van der Waals surface area (Å²) in [5, 5.41) is 0.470. The van der Waals surface area contributed by atoms with E-state index in [1.165, 1.54) is 0 Å². The lowest BCUT2D eigenvalue weighted by Crippen LogP contribution is -2.10. The lowest BCUT2D eigenvalue weighted by molar-refractivity contribution is 0.591. The van der Waals surface area contributed by atoms with Gasteiger partial charge in [-0.25, -0.2) is 0 Å². The van der Waals surface area contributed by atoms with Gasteiger partial charge >= 0.3 is 0 Å². The van der Waals surface area contributed by atoms with E-state index >= 15 is 0 Å². The first-order valence-electron chi connectivity index (χ1n) is 11.2. The molecule has 0 spiro atoms. The van der Waals surface area contributed by atoms with Gasteiger partial charge < -0.3 is 4.57 Å². The minimum absolute atomic E-state index is 0.0206. The highest BCUT2D eigenvalue weighted by Gasteiger charge is 2.17. The van der Waals surface area contributed by atoms with E-state index < -0.39 is 5.41 Å². The molecule has 0 saturated carbocycles. The van der Waals surface area contributed by atoms with E-state index in [1.54, 1.807) is 22.8 Å². The molecule has 1 aromatic heterocycles. The Bertz CT molecular complexity index is 1400. The third-order valence-electron chi connectivity index (χ3n) is 3.97. The summed E-state index contributed by atoms with van der Waals surface area (Å²) in [4.78, 5) is 0. The van der Waals surface area contributed by atoms with Crippen molar-refractivity contribution < 1.29 is 9.60 Å². The number of halogens is 1. The molecule has 0 aliphatic heterocycles. The first-order valence-corrected chi connectivity index (χ1v) is 8.47. The summed E-state index contributed by atoms with van der Waals surface area (Å²) >= 11 is 3.43. The van der Waals surface area contributed by atoms with E-state index in [2.05, 4.69) is 15.9 Å². The van der Waals surface area contributed by atoms with Gasteiger partial charge in [0.15, 0.2) is 0 Å². The molecule has 0 N–H and O–H groups in total. The van der Waals surface area contributed by atoms with E-state index in [0.717, 1.165) is 4.47 Å². The van der Waals surface area contributed by atoms with Gasteiger partial charge in [0.1, 0.15) is 0 Å². The lowest BCUT2D eigenvalue weighted by atomic mass is 9.86. The molecular formula is C22H20BrN. The number of aromatic nitrogens is 1. The summed E-state index contributed by atoms with van der Waals surface area (Å²) in [5.74, 6) is 0. The van der Waals surface area contributed by atoms with Gasteiger partial charge in [0, 0.05) is 20.9 Å². The van der Waals surface area contributed by atoms with E-state index in [0.29, 0.717) is 11.3 Å². The van der Waals surface area contributed by atoms with Crippen molar-refractivity contribution in [3.63, 3.8) is 0 Å². The van der Waals surface area contributed by atoms with Gasteiger partial charge in [0.2, 0.25) is 0 Å². The van der Waals surface area contributed by atoms with Crippen LogP contribution in [0.5, 0.6) is 0 Å². The Morgan fingerprint density at radius 1 is 0.958 bits per heavy atom. The molecule has 0 amide bonds. The van der Waals surface area contributed by atoms with Crippen LogP contribution in [0.15, 0.2) is 71.0 Å². The van der Waals surface area contributed by atoms with Crippen LogP contribution in [0.25, 0.3) is 27.5 Å². The minimum atomic E-state index is -0.590. The van der Waals surface area contributed by atoms with Crippen molar-refractivity contribution >= 4 is 37.7 Å². The zero-order valence-electron chi connectivity index (χ0n) is 20.6. The van der Waals surface area contributed by atoms with Crippen molar-refractivity contribution in [3.8, 4) is 5.69 Å². The second kappa shape index (κ2) is 5.49. The maximum Gasteiger partial charge on any atom is 0.0645 e. The Morgan fingerprint density at radius 3 is 2.46 bits per heavy atom. The van der Waals surface area contributed by atoms with E-state index in [4.69, 9.17) is 9.60 Å². The zero-order valence-corrected chi connectivity index (χ0v) is 15.2. The fourth-order valence-corrected chi connectivity index (χ4v) is 3.15. The van der Waals surface area contributed by atoms with E-state index in [1.807, 2.05) is 26.8 Å². The van der Waals surface area contributed by atoms with E-state index in [-0.39, 0.29) is 64.1 Å². The summed E-state index contributed by atoms with van der Waals surface area (Å²) < 4.78 is 62.3.